The van der Waals surface area contributed by atoms with Gasteiger partial charge in [0.2, 0.25) is 0 Å². The fraction of sp³-hybridized carbons (Fsp3) is 0.231. The van der Waals surface area contributed by atoms with Gasteiger partial charge in [-0.2, -0.15) is 0 Å². The maximum absolute atomic E-state index is 10.9. The first-order valence-electron chi connectivity index (χ1n) is 5.76. The van der Waals surface area contributed by atoms with Crippen LogP contribution < -0.4 is 5.73 Å². The summed E-state index contributed by atoms with van der Waals surface area (Å²) in [5.74, 6) is 1.38. The third-order valence-electron chi connectivity index (χ3n) is 2.61. The molecule has 0 aliphatic carbocycles. The van der Waals surface area contributed by atoms with Crippen LogP contribution in [0.2, 0.25) is 0 Å². The van der Waals surface area contributed by atoms with E-state index in [1.54, 1.807) is 18.2 Å². The predicted octanol–water partition coefficient (Wildman–Crippen LogP) is 3.51. The van der Waals surface area contributed by atoms with Crippen LogP contribution in [0.1, 0.15) is 12.7 Å². The molecule has 0 amide bonds. The summed E-state index contributed by atoms with van der Waals surface area (Å²) in [5.41, 5.74) is 6.39. The van der Waals surface area contributed by atoms with Gasteiger partial charge in [-0.05, 0) is 47.1 Å². The van der Waals surface area contributed by atoms with E-state index in [4.69, 9.17) is 10.2 Å². The number of nitrogens with zero attached hydrogens (tertiary/aromatic N) is 1. The molecular weight excluding hydrogens is 312 g/mol. The zero-order valence-electron chi connectivity index (χ0n) is 10.3. The lowest BCUT2D eigenvalue weighted by atomic mass is 10.1. The molecule has 0 radical (unpaired) electrons. The molecule has 2 N–H and O–H groups in total. The molecular formula is C13H13BrN2O3. The Labute approximate surface area is 118 Å². The van der Waals surface area contributed by atoms with Crippen LogP contribution in [0.5, 0.6) is 0 Å². The maximum atomic E-state index is 10.9. The van der Waals surface area contributed by atoms with E-state index >= 15 is 0 Å². The molecule has 0 saturated carbocycles. The van der Waals surface area contributed by atoms with E-state index in [2.05, 4.69) is 15.9 Å². The van der Waals surface area contributed by atoms with E-state index in [1.165, 1.54) is 6.07 Å². The highest BCUT2D eigenvalue weighted by Gasteiger charge is 2.15. The van der Waals surface area contributed by atoms with Crippen LogP contribution in [0.25, 0.3) is 11.3 Å². The molecule has 0 bridgehead atoms. The number of hydrogen-bond acceptors (Lipinski definition) is 4. The second kappa shape index (κ2) is 5.54. The molecule has 0 fully saturated rings. The van der Waals surface area contributed by atoms with Gasteiger partial charge in [0.25, 0.3) is 5.69 Å². The van der Waals surface area contributed by atoms with Gasteiger partial charge >= 0.3 is 0 Å². The molecule has 0 aliphatic rings. The van der Waals surface area contributed by atoms with Gasteiger partial charge in [0, 0.05) is 24.1 Å². The second-order valence-electron chi connectivity index (χ2n) is 4.37. The minimum absolute atomic E-state index is 0.0123. The number of furan rings is 1. The SMILES string of the molecule is CC(N)Cc1ccc(-c2ccc(Br)c([N+](=O)[O-])c2)o1. The standard InChI is InChI=1S/C13H13BrN2O3/c1-8(15)6-10-3-5-13(19-10)9-2-4-11(14)12(7-9)16(17)18/h2-5,7-8H,6,15H2,1H3. The zero-order chi connectivity index (χ0) is 14.0. The van der Waals surface area contributed by atoms with E-state index < -0.39 is 4.92 Å². The van der Waals surface area contributed by atoms with E-state index in [-0.39, 0.29) is 11.7 Å². The van der Waals surface area contributed by atoms with Crippen LogP contribution in [0, 0.1) is 10.1 Å². The van der Waals surface area contributed by atoms with Crippen LogP contribution in [-0.4, -0.2) is 11.0 Å². The molecule has 5 nitrogen and oxygen atoms in total. The Hall–Kier alpha value is -1.66. The Balaban J connectivity index is 2.34. The van der Waals surface area contributed by atoms with Crippen molar-refractivity contribution in [3.05, 3.63) is 50.7 Å². The molecule has 1 atom stereocenters. The van der Waals surface area contributed by atoms with Gasteiger partial charge in [0.1, 0.15) is 11.5 Å². The third kappa shape index (κ3) is 3.21. The van der Waals surface area contributed by atoms with Crippen molar-refractivity contribution in [2.75, 3.05) is 0 Å². The molecule has 19 heavy (non-hydrogen) atoms. The number of hydrogen-bond donors (Lipinski definition) is 1. The van der Waals surface area contributed by atoms with E-state index in [0.29, 0.717) is 22.2 Å². The van der Waals surface area contributed by atoms with E-state index in [9.17, 15) is 10.1 Å². The van der Waals surface area contributed by atoms with Gasteiger partial charge in [-0.1, -0.05) is 0 Å². The summed E-state index contributed by atoms with van der Waals surface area (Å²) in [5, 5.41) is 10.9. The van der Waals surface area contributed by atoms with Crippen molar-refractivity contribution < 1.29 is 9.34 Å². The van der Waals surface area contributed by atoms with Crippen molar-refractivity contribution >= 4 is 21.6 Å². The summed E-state index contributed by atoms with van der Waals surface area (Å²) in [6, 6.07) is 8.54. The summed E-state index contributed by atoms with van der Waals surface area (Å²) in [7, 11) is 0. The van der Waals surface area contributed by atoms with Gasteiger partial charge in [-0.15, -0.1) is 0 Å². The Kier molecular flexibility index (Phi) is 4.01. The first-order chi connectivity index (χ1) is 8.97. The number of rotatable bonds is 4. The molecule has 1 heterocycles. The molecule has 1 aromatic heterocycles. The molecule has 0 aliphatic heterocycles. The highest BCUT2D eigenvalue weighted by molar-refractivity contribution is 9.10. The number of nitro groups is 1. The lowest BCUT2D eigenvalue weighted by Gasteiger charge is -2.02. The monoisotopic (exact) mass is 324 g/mol. The zero-order valence-corrected chi connectivity index (χ0v) is 11.9. The van der Waals surface area contributed by atoms with Crippen molar-refractivity contribution in [2.24, 2.45) is 5.73 Å². The molecule has 2 aromatic rings. The van der Waals surface area contributed by atoms with Gasteiger partial charge < -0.3 is 10.2 Å². The second-order valence-corrected chi connectivity index (χ2v) is 5.23. The van der Waals surface area contributed by atoms with E-state index in [1.807, 2.05) is 13.0 Å². The Morgan fingerprint density at radius 3 is 2.79 bits per heavy atom. The van der Waals surface area contributed by atoms with Crippen LogP contribution in [-0.2, 0) is 6.42 Å². The van der Waals surface area contributed by atoms with Crippen LogP contribution in [0.4, 0.5) is 5.69 Å². The Morgan fingerprint density at radius 2 is 2.16 bits per heavy atom. The van der Waals surface area contributed by atoms with E-state index in [0.717, 1.165) is 5.76 Å². The molecule has 100 valence electrons. The summed E-state index contributed by atoms with van der Waals surface area (Å²) < 4.78 is 6.09. The number of benzene rings is 1. The average Bonchev–Trinajstić information content (AvgIpc) is 2.76. The molecule has 1 unspecified atom stereocenters. The van der Waals surface area contributed by atoms with Crippen molar-refractivity contribution in [1.82, 2.24) is 0 Å². The minimum Gasteiger partial charge on any atom is -0.461 e. The highest BCUT2D eigenvalue weighted by Crippen LogP contribution is 2.31. The lowest BCUT2D eigenvalue weighted by Crippen LogP contribution is -2.17. The van der Waals surface area contributed by atoms with Crippen molar-refractivity contribution in [1.29, 1.82) is 0 Å². The summed E-state index contributed by atoms with van der Waals surface area (Å²) in [6.07, 6.45) is 0.638. The minimum atomic E-state index is -0.431. The first kappa shape index (κ1) is 13.8. The average molecular weight is 325 g/mol. The Bertz CT molecular complexity index is 608. The first-order valence-corrected chi connectivity index (χ1v) is 6.55. The summed E-state index contributed by atoms with van der Waals surface area (Å²) in [4.78, 5) is 10.5. The quantitative estimate of drug-likeness (QED) is 0.689. The highest BCUT2D eigenvalue weighted by atomic mass is 79.9. The van der Waals surface area contributed by atoms with Gasteiger partial charge in [0.15, 0.2) is 0 Å². The fourth-order valence-electron chi connectivity index (χ4n) is 1.77. The third-order valence-corrected chi connectivity index (χ3v) is 3.28. The van der Waals surface area contributed by atoms with Crippen LogP contribution in [0.3, 0.4) is 0 Å². The molecule has 6 heteroatoms. The lowest BCUT2D eigenvalue weighted by molar-refractivity contribution is -0.385. The molecule has 2 rings (SSSR count). The normalized spacial score (nSPS) is 12.4. The van der Waals surface area contributed by atoms with Crippen LogP contribution in [0.15, 0.2) is 39.2 Å². The number of nitro benzene ring substituents is 1. The predicted molar refractivity (Wildman–Crippen MR) is 75.9 cm³/mol. The summed E-state index contributed by atoms with van der Waals surface area (Å²) >= 11 is 3.15. The molecule has 0 saturated heterocycles. The molecule has 1 aromatic carbocycles. The van der Waals surface area contributed by atoms with Crippen molar-refractivity contribution in [2.45, 2.75) is 19.4 Å². The molecule has 0 spiro atoms. The maximum Gasteiger partial charge on any atom is 0.284 e. The topological polar surface area (TPSA) is 82.3 Å². The smallest absolute Gasteiger partial charge is 0.284 e. The largest absolute Gasteiger partial charge is 0.461 e. The van der Waals surface area contributed by atoms with Crippen molar-refractivity contribution in [3.8, 4) is 11.3 Å². The van der Waals surface area contributed by atoms with Gasteiger partial charge in [0.05, 0.1) is 9.40 Å². The fourth-order valence-corrected chi connectivity index (χ4v) is 2.16. The van der Waals surface area contributed by atoms with Gasteiger partial charge in [-0.25, -0.2) is 0 Å². The number of halogens is 1. The van der Waals surface area contributed by atoms with Crippen molar-refractivity contribution in [3.63, 3.8) is 0 Å². The summed E-state index contributed by atoms with van der Waals surface area (Å²) in [6.45, 7) is 1.90. The van der Waals surface area contributed by atoms with Gasteiger partial charge in [-0.3, -0.25) is 10.1 Å². The Morgan fingerprint density at radius 1 is 1.42 bits per heavy atom. The number of nitrogens with two attached hydrogens (primary N) is 1. The van der Waals surface area contributed by atoms with Crippen LogP contribution >= 0.6 is 15.9 Å².